The van der Waals surface area contributed by atoms with Gasteiger partial charge in [-0.1, -0.05) is 24.3 Å². The average molecular weight is 439 g/mol. The molecule has 0 fully saturated rings. The van der Waals surface area contributed by atoms with Crippen molar-refractivity contribution in [2.75, 3.05) is 19.7 Å². The summed E-state index contributed by atoms with van der Waals surface area (Å²) in [4.78, 5) is 36.8. The van der Waals surface area contributed by atoms with Crippen LogP contribution in [-0.4, -0.2) is 37.5 Å². The maximum atomic E-state index is 12.2. The molecule has 1 heterocycles. The summed E-state index contributed by atoms with van der Waals surface area (Å²) in [6.45, 7) is -0.244. The molecule has 160 valence electrons. The zero-order valence-electron chi connectivity index (χ0n) is 16.7. The molecule has 7 nitrogen and oxygen atoms in total. The molecule has 1 aromatic heterocycles. The Hall–Kier alpha value is -3.65. The van der Waals surface area contributed by atoms with Crippen LogP contribution in [0.1, 0.15) is 15.2 Å². The predicted molar refractivity (Wildman–Crippen MR) is 117 cm³/mol. The van der Waals surface area contributed by atoms with E-state index in [0.717, 1.165) is 6.42 Å². The Morgan fingerprint density at radius 2 is 1.58 bits per heavy atom. The highest BCUT2D eigenvalue weighted by Gasteiger charge is 2.11. The fraction of sp³-hybridized carbons (Fsp3) is 0.174. The topological polar surface area (TPSA) is 93.7 Å². The Labute approximate surface area is 184 Å². The first-order valence-electron chi connectivity index (χ1n) is 9.66. The molecule has 0 bridgehead atoms. The number of nitrogens with one attached hydrogen (secondary N) is 2. The third kappa shape index (κ3) is 7.60. The van der Waals surface area contributed by atoms with Crippen molar-refractivity contribution in [1.29, 1.82) is 0 Å². The second-order valence-corrected chi connectivity index (χ2v) is 7.49. The van der Waals surface area contributed by atoms with Gasteiger partial charge in [0.2, 0.25) is 0 Å². The number of benzene rings is 2. The molecule has 2 N–H and O–H groups in total. The zero-order valence-corrected chi connectivity index (χ0v) is 17.5. The predicted octanol–water partition coefficient (Wildman–Crippen LogP) is 3.17. The van der Waals surface area contributed by atoms with E-state index < -0.39 is 11.9 Å². The Kier molecular flexibility index (Phi) is 8.19. The van der Waals surface area contributed by atoms with Gasteiger partial charge in [0.15, 0.2) is 6.61 Å². The van der Waals surface area contributed by atoms with Crippen LogP contribution in [0.5, 0.6) is 11.5 Å². The molecule has 3 rings (SSSR count). The highest BCUT2D eigenvalue weighted by Crippen LogP contribution is 2.21. The number of carbonyl (C=O) groups excluding carboxylic acids is 3. The minimum absolute atomic E-state index is 0.330. The van der Waals surface area contributed by atoms with Gasteiger partial charge >= 0.3 is 5.97 Å². The quantitative estimate of drug-likeness (QED) is 0.474. The van der Waals surface area contributed by atoms with E-state index in [1.165, 1.54) is 4.88 Å². The summed E-state index contributed by atoms with van der Waals surface area (Å²) in [5, 5.41) is 7.12. The summed E-state index contributed by atoms with van der Waals surface area (Å²) in [6, 6.07) is 19.8. The summed E-state index contributed by atoms with van der Waals surface area (Å²) in [6.07, 6.45) is 0.725. The monoisotopic (exact) mass is 438 g/mol. The van der Waals surface area contributed by atoms with Crippen LogP contribution in [0.2, 0.25) is 0 Å². The summed E-state index contributed by atoms with van der Waals surface area (Å²) >= 11 is 1.62. The smallest absolute Gasteiger partial charge is 0.325 e. The van der Waals surface area contributed by atoms with Gasteiger partial charge in [-0.25, -0.2) is 0 Å². The van der Waals surface area contributed by atoms with Crippen molar-refractivity contribution in [3.8, 4) is 11.5 Å². The second-order valence-electron chi connectivity index (χ2n) is 6.46. The van der Waals surface area contributed by atoms with Crippen LogP contribution < -0.4 is 15.4 Å². The van der Waals surface area contributed by atoms with Crippen molar-refractivity contribution in [2.24, 2.45) is 0 Å². The van der Waals surface area contributed by atoms with Crippen LogP contribution >= 0.6 is 11.3 Å². The highest BCUT2D eigenvalue weighted by molar-refractivity contribution is 7.09. The van der Waals surface area contributed by atoms with Gasteiger partial charge < -0.3 is 20.1 Å². The fourth-order valence-electron chi connectivity index (χ4n) is 2.58. The van der Waals surface area contributed by atoms with Gasteiger partial charge in [0.25, 0.3) is 11.8 Å². The zero-order chi connectivity index (χ0) is 21.9. The van der Waals surface area contributed by atoms with E-state index >= 15 is 0 Å². The lowest BCUT2D eigenvalue weighted by atomic mass is 10.2. The SMILES string of the molecule is O=C(COC(=O)CNC(=O)c1ccc(Oc2ccccc2)cc1)NCCc1cccs1. The number of amides is 2. The number of hydrogen-bond acceptors (Lipinski definition) is 6. The van der Waals surface area contributed by atoms with Gasteiger partial charge in [-0.2, -0.15) is 0 Å². The van der Waals surface area contributed by atoms with E-state index in [0.29, 0.717) is 23.6 Å². The van der Waals surface area contributed by atoms with Crippen LogP contribution in [0.25, 0.3) is 0 Å². The van der Waals surface area contributed by atoms with Crippen molar-refractivity contribution >= 4 is 29.1 Å². The second kappa shape index (κ2) is 11.5. The molecule has 2 aromatic carbocycles. The van der Waals surface area contributed by atoms with E-state index in [4.69, 9.17) is 9.47 Å². The molecule has 0 aliphatic rings. The third-order valence-corrected chi connectivity index (χ3v) is 5.06. The molecule has 0 aliphatic heterocycles. The fourth-order valence-corrected chi connectivity index (χ4v) is 3.29. The molecule has 31 heavy (non-hydrogen) atoms. The molecular weight excluding hydrogens is 416 g/mol. The van der Waals surface area contributed by atoms with Gasteiger partial charge in [0.1, 0.15) is 18.0 Å². The number of thiophene rings is 1. The Bertz CT molecular complexity index is 989. The number of hydrogen-bond donors (Lipinski definition) is 2. The van der Waals surface area contributed by atoms with Crippen molar-refractivity contribution < 1.29 is 23.9 Å². The van der Waals surface area contributed by atoms with E-state index in [1.807, 2.05) is 47.8 Å². The van der Waals surface area contributed by atoms with Gasteiger partial charge in [-0.15, -0.1) is 11.3 Å². The maximum Gasteiger partial charge on any atom is 0.325 e. The number of para-hydroxylation sites is 1. The lowest BCUT2D eigenvalue weighted by Gasteiger charge is -2.08. The number of ether oxygens (including phenoxy) is 2. The maximum absolute atomic E-state index is 12.2. The Balaban J connectivity index is 1.33. The molecular formula is C23H22N2O5S. The van der Waals surface area contributed by atoms with E-state index in [1.54, 1.807) is 35.6 Å². The molecule has 0 saturated heterocycles. The van der Waals surface area contributed by atoms with Crippen molar-refractivity contribution in [3.63, 3.8) is 0 Å². The highest BCUT2D eigenvalue weighted by atomic mass is 32.1. The minimum atomic E-state index is -0.689. The molecule has 0 aliphatic carbocycles. The molecule has 3 aromatic rings. The van der Waals surface area contributed by atoms with Gasteiger partial charge in [-0.05, 0) is 54.3 Å². The lowest BCUT2D eigenvalue weighted by molar-refractivity contribution is -0.147. The first-order valence-corrected chi connectivity index (χ1v) is 10.5. The molecule has 2 amide bonds. The van der Waals surface area contributed by atoms with Crippen molar-refractivity contribution in [2.45, 2.75) is 6.42 Å². The minimum Gasteiger partial charge on any atom is -0.457 e. The molecule has 0 atom stereocenters. The van der Waals surface area contributed by atoms with Crippen LogP contribution in [0.4, 0.5) is 0 Å². The van der Waals surface area contributed by atoms with E-state index in [9.17, 15) is 14.4 Å². The third-order valence-electron chi connectivity index (χ3n) is 4.13. The molecule has 0 spiro atoms. The van der Waals surface area contributed by atoms with Crippen LogP contribution in [-0.2, 0) is 20.7 Å². The normalized spacial score (nSPS) is 10.2. The molecule has 0 saturated carbocycles. The van der Waals surface area contributed by atoms with Gasteiger partial charge in [-0.3, -0.25) is 14.4 Å². The first kappa shape index (κ1) is 22.0. The van der Waals surface area contributed by atoms with Crippen LogP contribution in [0.3, 0.4) is 0 Å². The Morgan fingerprint density at radius 3 is 2.29 bits per heavy atom. The Morgan fingerprint density at radius 1 is 0.839 bits per heavy atom. The van der Waals surface area contributed by atoms with Gasteiger partial charge in [0, 0.05) is 17.0 Å². The summed E-state index contributed by atoms with van der Waals surface area (Å²) in [5.41, 5.74) is 0.375. The molecule has 8 heteroatoms. The summed E-state index contributed by atoms with van der Waals surface area (Å²) in [7, 11) is 0. The summed E-state index contributed by atoms with van der Waals surface area (Å²) < 4.78 is 10.6. The van der Waals surface area contributed by atoms with Crippen LogP contribution in [0.15, 0.2) is 72.1 Å². The molecule has 0 unspecified atom stereocenters. The van der Waals surface area contributed by atoms with Crippen molar-refractivity contribution in [1.82, 2.24) is 10.6 Å². The average Bonchev–Trinajstić information content (AvgIpc) is 3.31. The van der Waals surface area contributed by atoms with Crippen LogP contribution in [0, 0.1) is 0 Å². The standard InChI is InChI=1S/C23H22N2O5S/c26-21(24-13-12-20-7-4-14-31-20)16-29-22(27)15-25-23(28)17-8-10-19(11-9-17)30-18-5-2-1-3-6-18/h1-11,14H,12-13,15-16H2,(H,24,26)(H,25,28). The van der Waals surface area contributed by atoms with E-state index in [2.05, 4.69) is 10.6 Å². The van der Waals surface area contributed by atoms with Crippen molar-refractivity contribution in [3.05, 3.63) is 82.6 Å². The summed E-state index contributed by atoms with van der Waals surface area (Å²) in [5.74, 6) is -0.218. The lowest BCUT2D eigenvalue weighted by Crippen LogP contribution is -2.34. The molecule has 0 radical (unpaired) electrons. The number of esters is 1. The van der Waals surface area contributed by atoms with E-state index in [-0.39, 0.29) is 19.1 Å². The number of rotatable bonds is 10. The first-order chi connectivity index (χ1) is 15.1. The number of carbonyl (C=O) groups is 3. The largest absolute Gasteiger partial charge is 0.457 e. The van der Waals surface area contributed by atoms with Gasteiger partial charge in [0.05, 0.1) is 0 Å².